The maximum Gasteiger partial charge on any atom is 0.0426 e. The molecule has 0 saturated heterocycles. The van der Waals surface area contributed by atoms with E-state index in [9.17, 15) is 0 Å². The Hall–Kier alpha value is -1.38. The van der Waals surface area contributed by atoms with Gasteiger partial charge in [0.1, 0.15) is 0 Å². The highest BCUT2D eigenvalue weighted by atomic mass is 35.5. The van der Waals surface area contributed by atoms with Crippen LogP contribution in [-0.4, -0.2) is 0 Å². The van der Waals surface area contributed by atoms with Gasteiger partial charge in [-0.3, -0.25) is 0 Å². The zero-order valence-electron chi connectivity index (χ0n) is 8.37. The number of nitrogens with two attached hydrogens (primary N) is 2. The van der Waals surface area contributed by atoms with Crippen molar-refractivity contribution in [3.8, 4) is 11.1 Å². The molecule has 16 heavy (non-hydrogen) atoms. The Bertz CT molecular complexity index is 518. The number of nitrogen functional groups attached to an aromatic ring is 2. The summed E-state index contributed by atoms with van der Waals surface area (Å²) in [5.41, 5.74) is 14.6. The third-order valence-electron chi connectivity index (χ3n) is 2.25. The Morgan fingerprint density at radius 3 is 2.06 bits per heavy atom. The predicted molar refractivity (Wildman–Crippen MR) is 70.7 cm³/mol. The highest BCUT2D eigenvalue weighted by molar-refractivity contribution is 6.35. The molecule has 0 unspecified atom stereocenters. The van der Waals surface area contributed by atoms with Crippen LogP contribution in [0.15, 0.2) is 36.4 Å². The van der Waals surface area contributed by atoms with Crippen LogP contribution in [0.3, 0.4) is 0 Å². The second-order valence-electron chi connectivity index (χ2n) is 3.50. The monoisotopic (exact) mass is 252 g/mol. The van der Waals surface area contributed by atoms with Crippen molar-refractivity contribution in [2.75, 3.05) is 11.5 Å². The van der Waals surface area contributed by atoms with Gasteiger partial charge in [-0.2, -0.15) is 0 Å². The van der Waals surface area contributed by atoms with E-state index in [1.807, 2.05) is 0 Å². The van der Waals surface area contributed by atoms with Gasteiger partial charge < -0.3 is 11.5 Å². The average molecular weight is 253 g/mol. The van der Waals surface area contributed by atoms with Crippen LogP contribution in [0.2, 0.25) is 10.0 Å². The summed E-state index contributed by atoms with van der Waals surface area (Å²) in [6.07, 6.45) is 0. The van der Waals surface area contributed by atoms with E-state index in [2.05, 4.69) is 0 Å². The van der Waals surface area contributed by atoms with Gasteiger partial charge in [-0.05, 0) is 42.0 Å². The molecule has 0 saturated carbocycles. The van der Waals surface area contributed by atoms with Crippen molar-refractivity contribution in [3.05, 3.63) is 46.4 Å². The minimum Gasteiger partial charge on any atom is -0.399 e. The molecule has 0 aliphatic heterocycles. The highest BCUT2D eigenvalue weighted by Gasteiger charge is 2.05. The molecule has 82 valence electrons. The number of anilines is 2. The molecule has 0 heterocycles. The minimum atomic E-state index is 0.573. The van der Waals surface area contributed by atoms with Gasteiger partial charge in [0.2, 0.25) is 0 Å². The molecular weight excluding hydrogens is 243 g/mol. The fraction of sp³-hybridized carbons (Fsp3) is 0. The number of hydrogen-bond acceptors (Lipinski definition) is 2. The van der Waals surface area contributed by atoms with Gasteiger partial charge in [0.15, 0.2) is 0 Å². The molecule has 0 radical (unpaired) electrons. The van der Waals surface area contributed by atoms with E-state index in [0.717, 1.165) is 11.1 Å². The second kappa shape index (κ2) is 4.24. The van der Waals surface area contributed by atoms with Gasteiger partial charge in [0.05, 0.1) is 0 Å². The summed E-state index contributed by atoms with van der Waals surface area (Å²) in [7, 11) is 0. The Labute approximate surface area is 104 Å². The number of halogens is 2. The minimum absolute atomic E-state index is 0.573. The van der Waals surface area contributed by atoms with Crippen LogP contribution in [-0.2, 0) is 0 Å². The molecule has 4 heteroatoms. The van der Waals surface area contributed by atoms with Crippen molar-refractivity contribution >= 4 is 34.6 Å². The molecule has 2 aromatic rings. The first-order valence-corrected chi connectivity index (χ1v) is 5.43. The van der Waals surface area contributed by atoms with Crippen molar-refractivity contribution in [3.63, 3.8) is 0 Å². The lowest BCUT2D eigenvalue weighted by atomic mass is 10.0. The van der Waals surface area contributed by atoms with Gasteiger partial charge in [-0.1, -0.05) is 23.2 Å². The summed E-state index contributed by atoms with van der Waals surface area (Å²) in [6, 6.07) is 10.6. The van der Waals surface area contributed by atoms with Gasteiger partial charge in [0.25, 0.3) is 0 Å². The molecule has 0 fully saturated rings. The Kier molecular flexibility index (Phi) is 2.95. The topological polar surface area (TPSA) is 52.0 Å². The zero-order chi connectivity index (χ0) is 11.7. The maximum absolute atomic E-state index is 5.94. The molecule has 0 aromatic heterocycles. The summed E-state index contributed by atoms with van der Waals surface area (Å²) in [6.45, 7) is 0. The van der Waals surface area contributed by atoms with Crippen LogP contribution < -0.4 is 11.5 Å². The molecule has 2 rings (SSSR count). The Balaban J connectivity index is 2.62. The lowest BCUT2D eigenvalue weighted by Gasteiger charge is -2.08. The molecule has 0 amide bonds. The lowest BCUT2D eigenvalue weighted by Crippen LogP contribution is -1.93. The molecule has 0 aliphatic rings. The van der Waals surface area contributed by atoms with Crippen LogP contribution in [0.1, 0.15) is 0 Å². The molecule has 4 N–H and O–H groups in total. The molecule has 0 aliphatic carbocycles. The van der Waals surface area contributed by atoms with Crippen LogP contribution in [0.4, 0.5) is 11.4 Å². The quantitative estimate of drug-likeness (QED) is 0.759. The van der Waals surface area contributed by atoms with E-state index in [1.54, 1.807) is 36.4 Å². The predicted octanol–water partition coefficient (Wildman–Crippen LogP) is 3.82. The van der Waals surface area contributed by atoms with Crippen LogP contribution in [0.5, 0.6) is 0 Å². The van der Waals surface area contributed by atoms with Crippen LogP contribution in [0.25, 0.3) is 11.1 Å². The van der Waals surface area contributed by atoms with Gasteiger partial charge in [-0.15, -0.1) is 0 Å². The summed E-state index contributed by atoms with van der Waals surface area (Å²) in [4.78, 5) is 0. The smallest absolute Gasteiger partial charge is 0.0426 e. The molecule has 0 bridgehead atoms. The molecule has 2 aromatic carbocycles. The van der Waals surface area contributed by atoms with Gasteiger partial charge in [0, 0.05) is 27.0 Å². The van der Waals surface area contributed by atoms with Crippen molar-refractivity contribution in [1.82, 2.24) is 0 Å². The van der Waals surface area contributed by atoms with E-state index >= 15 is 0 Å². The third kappa shape index (κ3) is 2.23. The van der Waals surface area contributed by atoms with E-state index in [4.69, 9.17) is 34.7 Å². The standard InChI is InChI=1S/C12H10Cl2N2/c13-8-3-7(4-9(14)5-8)11-6-10(15)1-2-12(11)16/h1-6H,15-16H2. The Morgan fingerprint density at radius 2 is 1.44 bits per heavy atom. The first kappa shape index (κ1) is 11.1. The van der Waals surface area contributed by atoms with E-state index in [1.165, 1.54) is 0 Å². The first-order chi connectivity index (χ1) is 7.56. The van der Waals surface area contributed by atoms with Crippen LogP contribution in [0, 0.1) is 0 Å². The average Bonchev–Trinajstić information content (AvgIpc) is 2.20. The largest absolute Gasteiger partial charge is 0.399 e. The third-order valence-corrected chi connectivity index (χ3v) is 2.69. The van der Waals surface area contributed by atoms with E-state index in [0.29, 0.717) is 21.4 Å². The number of rotatable bonds is 1. The highest BCUT2D eigenvalue weighted by Crippen LogP contribution is 2.32. The zero-order valence-corrected chi connectivity index (χ0v) is 9.89. The van der Waals surface area contributed by atoms with E-state index < -0.39 is 0 Å². The fourth-order valence-corrected chi connectivity index (χ4v) is 2.06. The summed E-state index contributed by atoms with van der Waals surface area (Å²) in [5.74, 6) is 0. The SMILES string of the molecule is Nc1ccc(N)c(-c2cc(Cl)cc(Cl)c2)c1. The van der Waals surface area contributed by atoms with Gasteiger partial charge in [-0.25, -0.2) is 0 Å². The lowest BCUT2D eigenvalue weighted by molar-refractivity contribution is 1.60. The summed E-state index contributed by atoms with van der Waals surface area (Å²) in [5, 5.41) is 1.15. The summed E-state index contributed by atoms with van der Waals surface area (Å²) < 4.78 is 0. The molecule has 0 atom stereocenters. The fourth-order valence-electron chi connectivity index (χ4n) is 1.53. The normalized spacial score (nSPS) is 10.4. The van der Waals surface area contributed by atoms with Crippen molar-refractivity contribution in [2.45, 2.75) is 0 Å². The molecule has 2 nitrogen and oxygen atoms in total. The van der Waals surface area contributed by atoms with Crippen LogP contribution >= 0.6 is 23.2 Å². The number of benzene rings is 2. The maximum atomic E-state index is 5.94. The van der Waals surface area contributed by atoms with Crippen molar-refractivity contribution < 1.29 is 0 Å². The second-order valence-corrected chi connectivity index (χ2v) is 4.38. The molecular formula is C12H10Cl2N2. The van der Waals surface area contributed by atoms with E-state index in [-0.39, 0.29) is 0 Å². The summed E-state index contributed by atoms with van der Waals surface area (Å²) >= 11 is 11.9. The Morgan fingerprint density at radius 1 is 0.812 bits per heavy atom. The van der Waals surface area contributed by atoms with Gasteiger partial charge >= 0.3 is 0 Å². The number of hydrogen-bond donors (Lipinski definition) is 2. The molecule has 0 spiro atoms. The van der Waals surface area contributed by atoms with Crippen molar-refractivity contribution in [1.29, 1.82) is 0 Å². The first-order valence-electron chi connectivity index (χ1n) is 4.68. The van der Waals surface area contributed by atoms with Crippen molar-refractivity contribution in [2.24, 2.45) is 0 Å².